The highest BCUT2D eigenvalue weighted by Gasteiger charge is 2.47. The second kappa shape index (κ2) is 5.74. The van der Waals surface area contributed by atoms with Gasteiger partial charge in [0.05, 0.1) is 25.3 Å². The van der Waals surface area contributed by atoms with Crippen LogP contribution in [0.1, 0.15) is 37.7 Å². The van der Waals surface area contributed by atoms with E-state index in [2.05, 4.69) is 17.4 Å². The van der Waals surface area contributed by atoms with Crippen LogP contribution in [0.25, 0.3) is 0 Å². The molecule has 1 aliphatic heterocycles. The second-order valence-electron chi connectivity index (χ2n) is 6.45. The number of quaternary nitrogens is 1. The number of rotatable bonds is 3. The summed E-state index contributed by atoms with van der Waals surface area (Å²) in [6.07, 6.45) is 6.69. The Morgan fingerprint density at radius 3 is 2.80 bits per heavy atom. The highest BCUT2D eigenvalue weighted by molar-refractivity contribution is 5.27. The Morgan fingerprint density at radius 2 is 2.05 bits per heavy atom. The van der Waals surface area contributed by atoms with E-state index in [0.29, 0.717) is 12.0 Å². The third kappa shape index (κ3) is 2.70. The average molecular weight is 276 g/mol. The summed E-state index contributed by atoms with van der Waals surface area (Å²) >= 11 is 0. The zero-order valence-electron chi connectivity index (χ0n) is 12.3. The maximum Gasteiger partial charge on any atom is 0.118 e. The van der Waals surface area contributed by atoms with E-state index in [4.69, 9.17) is 4.74 Å². The van der Waals surface area contributed by atoms with Crippen molar-refractivity contribution in [3.63, 3.8) is 0 Å². The van der Waals surface area contributed by atoms with Crippen molar-refractivity contribution in [1.29, 1.82) is 0 Å². The predicted molar refractivity (Wildman–Crippen MR) is 78.8 cm³/mol. The molecule has 3 unspecified atom stereocenters. The smallest absolute Gasteiger partial charge is 0.118 e. The van der Waals surface area contributed by atoms with Crippen LogP contribution in [0.2, 0.25) is 0 Å². The number of nitrogens with two attached hydrogens (primary N) is 1. The van der Waals surface area contributed by atoms with E-state index in [9.17, 15) is 5.11 Å². The molecule has 0 aromatic heterocycles. The van der Waals surface area contributed by atoms with Gasteiger partial charge in [-0.2, -0.15) is 0 Å². The van der Waals surface area contributed by atoms with Gasteiger partial charge in [0.25, 0.3) is 0 Å². The van der Waals surface area contributed by atoms with Crippen LogP contribution in [0.5, 0.6) is 5.75 Å². The summed E-state index contributed by atoms with van der Waals surface area (Å²) in [6.45, 7) is 1.06. The number of methoxy groups -OCH3 is 1. The third-order valence-electron chi connectivity index (χ3n) is 5.26. The summed E-state index contributed by atoms with van der Waals surface area (Å²) in [4.78, 5) is 0. The summed E-state index contributed by atoms with van der Waals surface area (Å²) in [5.41, 5.74) is 0.964. The Morgan fingerprint density at radius 1 is 1.25 bits per heavy atom. The van der Waals surface area contributed by atoms with Crippen LogP contribution in [-0.4, -0.2) is 30.4 Å². The van der Waals surface area contributed by atoms with Crippen LogP contribution in [0.15, 0.2) is 24.3 Å². The molecule has 3 heteroatoms. The summed E-state index contributed by atoms with van der Waals surface area (Å²) in [7, 11) is 1.70. The van der Waals surface area contributed by atoms with E-state index >= 15 is 0 Å². The maximum atomic E-state index is 10.9. The Balaban J connectivity index is 1.71. The van der Waals surface area contributed by atoms with E-state index in [0.717, 1.165) is 31.6 Å². The van der Waals surface area contributed by atoms with Crippen molar-refractivity contribution in [2.24, 2.45) is 5.92 Å². The van der Waals surface area contributed by atoms with Gasteiger partial charge in [0.1, 0.15) is 5.75 Å². The Labute approximate surface area is 121 Å². The Hall–Kier alpha value is -1.06. The molecule has 3 nitrogen and oxygen atoms in total. The van der Waals surface area contributed by atoms with Gasteiger partial charge in [-0.3, -0.25) is 0 Å². The molecule has 3 N–H and O–H groups in total. The molecule has 0 amide bonds. The molecular weight excluding hydrogens is 250 g/mol. The zero-order valence-corrected chi connectivity index (χ0v) is 12.3. The first kappa shape index (κ1) is 13.9. The van der Waals surface area contributed by atoms with Gasteiger partial charge >= 0.3 is 0 Å². The molecule has 20 heavy (non-hydrogen) atoms. The quantitative estimate of drug-likeness (QED) is 0.879. The lowest BCUT2D eigenvalue weighted by Gasteiger charge is -2.46. The molecule has 1 aliphatic carbocycles. The topological polar surface area (TPSA) is 46.1 Å². The monoisotopic (exact) mass is 276 g/mol. The van der Waals surface area contributed by atoms with Gasteiger partial charge in [-0.15, -0.1) is 0 Å². The number of fused-ring (bicyclic) bond motifs is 1. The molecule has 3 rings (SSSR count). The highest BCUT2D eigenvalue weighted by Crippen LogP contribution is 2.39. The Kier molecular flexibility index (Phi) is 3.99. The minimum atomic E-state index is -0.385. The molecule has 1 aromatic carbocycles. The van der Waals surface area contributed by atoms with Gasteiger partial charge < -0.3 is 15.2 Å². The molecule has 3 atom stereocenters. The molecule has 1 heterocycles. The predicted octanol–water partition coefficient (Wildman–Crippen LogP) is 1.49. The number of hydrogen-bond donors (Lipinski definition) is 2. The lowest BCUT2D eigenvalue weighted by molar-refractivity contribution is -0.712. The fraction of sp³-hybridized carbons (Fsp3) is 0.647. The fourth-order valence-corrected chi connectivity index (χ4v) is 4.14. The van der Waals surface area contributed by atoms with Gasteiger partial charge in [0.2, 0.25) is 0 Å². The van der Waals surface area contributed by atoms with Crippen molar-refractivity contribution in [3.8, 4) is 5.75 Å². The van der Waals surface area contributed by atoms with Crippen LogP contribution in [-0.2, 0) is 6.42 Å². The first-order chi connectivity index (χ1) is 9.71. The number of benzene rings is 1. The van der Waals surface area contributed by atoms with Gasteiger partial charge in [-0.1, -0.05) is 25.0 Å². The van der Waals surface area contributed by atoms with Crippen molar-refractivity contribution in [2.75, 3.05) is 13.7 Å². The fourth-order valence-electron chi connectivity index (χ4n) is 4.14. The molecule has 0 bridgehead atoms. The van der Waals surface area contributed by atoms with Crippen LogP contribution in [0.4, 0.5) is 0 Å². The minimum absolute atomic E-state index is 0.385. The summed E-state index contributed by atoms with van der Waals surface area (Å²) in [5, 5.41) is 13.3. The molecule has 1 saturated carbocycles. The molecule has 2 fully saturated rings. The van der Waals surface area contributed by atoms with E-state index in [1.807, 2.05) is 12.1 Å². The number of hydrogen-bond acceptors (Lipinski definition) is 2. The van der Waals surface area contributed by atoms with Gasteiger partial charge in [0.15, 0.2) is 0 Å². The molecule has 2 aliphatic rings. The summed E-state index contributed by atoms with van der Waals surface area (Å²) in [6, 6.07) is 8.91. The second-order valence-corrected chi connectivity index (χ2v) is 6.45. The zero-order chi connectivity index (χ0) is 14.0. The number of ether oxygens (including phenoxy) is 1. The minimum Gasteiger partial charge on any atom is -0.497 e. The summed E-state index contributed by atoms with van der Waals surface area (Å²) in [5.74, 6) is 1.38. The lowest BCUT2D eigenvalue weighted by Crippen LogP contribution is -2.96. The van der Waals surface area contributed by atoms with E-state index in [1.165, 1.54) is 24.8 Å². The van der Waals surface area contributed by atoms with Crippen molar-refractivity contribution in [1.82, 2.24) is 0 Å². The number of aliphatic hydroxyl groups is 1. The number of piperidine rings is 1. The van der Waals surface area contributed by atoms with Gasteiger partial charge in [-0.25, -0.2) is 0 Å². The van der Waals surface area contributed by atoms with Crippen LogP contribution < -0.4 is 10.1 Å². The average Bonchev–Trinajstić information content (AvgIpc) is 2.48. The lowest BCUT2D eigenvalue weighted by atomic mass is 9.67. The molecule has 0 spiro atoms. The van der Waals surface area contributed by atoms with Crippen molar-refractivity contribution < 1.29 is 15.2 Å². The van der Waals surface area contributed by atoms with Crippen LogP contribution >= 0.6 is 0 Å². The van der Waals surface area contributed by atoms with Crippen molar-refractivity contribution in [3.05, 3.63) is 29.8 Å². The van der Waals surface area contributed by atoms with Crippen molar-refractivity contribution >= 4 is 0 Å². The van der Waals surface area contributed by atoms with E-state index in [1.54, 1.807) is 7.11 Å². The van der Waals surface area contributed by atoms with Gasteiger partial charge in [0, 0.05) is 18.8 Å². The van der Waals surface area contributed by atoms with Crippen LogP contribution in [0, 0.1) is 5.92 Å². The first-order valence-electron chi connectivity index (χ1n) is 7.90. The first-order valence-corrected chi connectivity index (χ1v) is 7.90. The van der Waals surface area contributed by atoms with E-state index in [-0.39, 0.29) is 5.60 Å². The molecule has 0 radical (unpaired) electrons. The van der Waals surface area contributed by atoms with Gasteiger partial charge in [-0.05, 0) is 30.5 Å². The Bertz CT molecular complexity index is 441. The SMILES string of the molecule is COc1ccc(CC2[NH2+]CCC3(O)CCCCC23)cc1. The normalized spacial score (nSPS) is 33.5. The highest BCUT2D eigenvalue weighted by atomic mass is 16.5. The van der Waals surface area contributed by atoms with E-state index < -0.39 is 0 Å². The van der Waals surface area contributed by atoms with Crippen molar-refractivity contribution in [2.45, 2.75) is 50.2 Å². The third-order valence-corrected chi connectivity index (χ3v) is 5.26. The summed E-state index contributed by atoms with van der Waals surface area (Å²) < 4.78 is 5.21. The molecule has 110 valence electrons. The molecular formula is C17H26NO2+. The molecule has 1 aromatic rings. The standard InChI is InChI=1S/C17H25NO2/c1-20-14-7-5-13(6-8-14)12-16-15-4-2-3-9-17(15,19)10-11-18-16/h5-8,15-16,18-19H,2-4,9-12H2,1H3/p+1. The van der Waals surface area contributed by atoms with Crippen LogP contribution in [0.3, 0.4) is 0 Å². The largest absolute Gasteiger partial charge is 0.497 e. The molecule has 1 saturated heterocycles. The maximum absolute atomic E-state index is 10.9.